The van der Waals surface area contributed by atoms with Gasteiger partial charge in [0.15, 0.2) is 0 Å². The van der Waals surface area contributed by atoms with E-state index in [4.69, 9.17) is 23.2 Å². The van der Waals surface area contributed by atoms with Crippen LogP contribution in [-0.4, -0.2) is 0 Å². The first kappa shape index (κ1) is 11.8. The fourth-order valence-corrected chi connectivity index (χ4v) is 1.07. The maximum Gasteiger partial charge on any atom is 1.00 e. The SMILES string of the molecule is Sc1cccc(Cl)c1Cl.[H-].[K+]. The molecule has 0 aliphatic rings. The minimum Gasteiger partial charge on any atom is -1.00 e. The molecule has 1 aromatic rings. The molecule has 0 radical (unpaired) electrons. The fourth-order valence-electron chi connectivity index (χ4n) is 0.492. The Morgan fingerprint density at radius 1 is 1.30 bits per heavy atom. The zero-order valence-corrected chi connectivity index (χ0v) is 11.0. The molecule has 0 aliphatic heterocycles. The predicted octanol–water partition coefficient (Wildman–Crippen LogP) is 0.399. The van der Waals surface area contributed by atoms with Crippen LogP contribution in [-0.2, 0) is 0 Å². The zero-order chi connectivity index (χ0) is 6.85. The summed E-state index contributed by atoms with van der Waals surface area (Å²) < 4.78 is 0. The second kappa shape index (κ2) is 5.44. The monoisotopic (exact) mass is 218 g/mol. The minimum atomic E-state index is 0. The molecule has 1 aromatic carbocycles. The average molecular weight is 219 g/mol. The molecule has 0 fully saturated rings. The van der Waals surface area contributed by atoms with E-state index in [0.717, 1.165) is 0 Å². The van der Waals surface area contributed by atoms with Gasteiger partial charge in [0, 0.05) is 4.90 Å². The van der Waals surface area contributed by atoms with Crippen LogP contribution in [0.2, 0.25) is 10.0 Å². The topological polar surface area (TPSA) is 0 Å². The van der Waals surface area contributed by atoms with Crippen molar-refractivity contribution >= 4 is 35.8 Å². The smallest absolute Gasteiger partial charge is 1.00 e. The Morgan fingerprint density at radius 2 is 1.90 bits per heavy atom. The summed E-state index contributed by atoms with van der Waals surface area (Å²) in [6.45, 7) is 0. The van der Waals surface area contributed by atoms with Gasteiger partial charge in [-0.05, 0) is 12.1 Å². The first-order chi connectivity index (χ1) is 4.22. The maximum absolute atomic E-state index is 5.67. The van der Waals surface area contributed by atoms with Gasteiger partial charge in [-0.2, -0.15) is 0 Å². The van der Waals surface area contributed by atoms with Gasteiger partial charge < -0.3 is 1.43 Å². The second-order valence-electron chi connectivity index (χ2n) is 1.57. The van der Waals surface area contributed by atoms with E-state index >= 15 is 0 Å². The summed E-state index contributed by atoms with van der Waals surface area (Å²) in [7, 11) is 0. The fraction of sp³-hybridized carbons (Fsp3) is 0. The van der Waals surface area contributed by atoms with Crippen LogP contribution in [0.4, 0.5) is 0 Å². The number of rotatable bonds is 0. The third-order valence-corrected chi connectivity index (χ3v) is 2.25. The van der Waals surface area contributed by atoms with Crippen molar-refractivity contribution in [3.63, 3.8) is 0 Å². The van der Waals surface area contributed by atoms with E-state index in [9.17, 15) is 0 Å². The van der Waals surface area contributed by atoms with Gasteiger partial charge in [0.1, 0.15) is 0 Å². The van der Waals surface area contributed by atoms with Crippen molar-refractivity contribution in [2.45, 2.75) is 4.90 Å². The molecule has 0 spiro atoms. The molecule has 50 valence electrons. The van der Waals surface area contributed by atoms with Crippen LogP contribution in [0.5, 0.6) is 0 Å². The molecular weight excluding hydrogens is 214 g/mol. The molecule has 0 nitrogen and oxygen atoms in total. The molecule has 0 saturated carbocycles. The van der Waals surface area contributed by atoms with E-state index in [1.54, 1.807) is 18.2 Å². The molecule has 0 aromatic heterocycles. The third kappa shape index (κ3) is 3.03. The first-order valence-corrected chi connectivity index (χ1v) is 3.55. The molecular formula is C6H5Cl2KS. The van der Waals surface area contributed by atoms with E-state index in [0.29, 0.717) is 14.9 Å². The summed E-state index contributed by atoms with van der Waals surface area (Å²) in [5.41, 5.74) is 0. The van der Waals surface area contributed by atoms with Gasteiger partial charge >= 0.3 is 51.4 Å². The molecule has 1 rings (SSSR count). The number of hydrogen-bond acceptors (Lipinski definition) is 1. The largest absolute Gasteiger partial charge is 1.00 e. The van der Waals surface area contributed by atoms with Gasteiger partial charge in [0.2, 0.25) is 0 Å². The molecule has 0 amide bonds. The van der Waals surface area contributed by atoms with E-state index < -0.39 is 0 Å². The van der Waals surface area contributed by atoms with Crippen LogP contribution in [0.15, 0.2) is 23.1 Å². The Kier molecular flexibility index (Phi) is 6.41. The molecule has 0 aliphatic carbocycles. The molecule has 0 unspecified atom stereocenters. The van der Waals surface area contributed by atoms with E-state index in [2.05, 4.69) is 12.6 Å². The quantitative estimate of drug-likeness (QED) is 0.474. The van der Waals surface area contributed by atoms with E-state index in [1.807, 2.05) is 0 Å². The minimum absolute atomic E-state index is 0. The summed E-state index contributed by atoms with van der Waals surface area (Å²) in [5.74, 6) is 0. The molecule has 0 saturated heterocycles. The third-order valence-electron chi connectivity index (χ3n) is 0.931. The first-order valence-electron chi connectivity index (χ1n) is 2.35. The predicted molar refractivity (Wildman–Crippen MR) is 44.8 cm³/mol. The molecule has 10 heavy (non-hydrogen) atoms. The zero-order valence-electron chi connectivity index (χ0n) is 6.44. The van der Waals surface area contributed by atoms with Crippen molar-refractivity contribution < 1.29 is 52.8 Å². The summed E-state index contributed by atoms with van der Waals surface area (Å²) >= 11 is 15.4. The standard InChI is InChI=1S/C6H4Cl2S.K.H/c7-4-2-1-3-5(9)6(4)8;;/h1-3,9H;;/q;+1;-1. The van der Waals surface area contributed by atoms with Crippen LogP contribution in [0.25, 0.3) is 0 Å². The Bertz CT molecular complexity index is 212. The summed E-state index contributed by atoms with van der Waals surface area (Å²) in [6, 6.07) is 5.32. The van der Waals surface area contributed by atoms with Gasteiger partial charge in [0.25, 0.3) is 0 Å². The molecule has 4 heteroatoms. The molecule has 0 heterocycles. The number of halogens is 2. The summed E-state index contributed by atoms with van der Waals surface area (Å²) in [6.07, 6.45) is 0. The van der Waals surface area contributed by atoms with Gasteiger partial charge in [-0.1, -0.05) is 29.3 Å². The van der Waals surface area contributed by atoms with E-state index in [1.165, 1.54) is 0 Å². The second-order valence-corrected chi connectivity index (χ2v) is 2.84. The average Bonchev–Trinajstić information content (AvgIpc) is 1.83. The summed E-state index contributed by atoms with van der Waals surface area (Å²) in [5, 5.41) is 1.06. The molecule has 0 N–H and O–H groups in total. The van der Waals surface area contributed by atoms with Crippen LogP contribution in [0.1, 0.15) is 1.43 Å². The molecule has 0 atom stereocenters. The van der Waals surface area contributed by atoms with Crippen LogP contribution < -0.4 is 51.4 Å². The van der Waals surface area contributed by atoms with Crippen molar-refractivity contribution in [1.29, 1.82) is 0 Å². The summed E-state index contributed by atoms with van der Waals surface area (Å²) in [4.78, 5) is 0.712. The van der Waals surface area contributed by atoms with E-state index in [-0.39, 0.29) is 52.8 Å². The van der Waals surface area contributed by atoms with Crippen molar-refractivity contribution in [1.82, 2.24) is 0 Å². The van der Waals surface area contributed by atoms with Crippen LogP contribution in [0, 0.1) is 0 Å². The van der Waals surface area contributed by atoms with Crippen molar-refractivity contribution in [3.8, 4) is 0 Å². The Morgan fingerprint density at radius 3 is 2.30 bits per heavy atom. The van der Waals surface area contributed by atoms with Crippen molar-refractivity contribution in [3.05, 3.63) is 28.2 Å². The Labute approximate surface area is 120 Å². The Balaban J connectivity index is 0. The number of thiol groups is 1. The van der Waals surface area contributed by atoms with Crippen molar-refractivity contribution in [2.75, 3.05) is 0 Å². The van der Waals surface area contributed by atoms with Gasteiger partial charge in [0.05, 0.1) is 10.0 Å². The number of hydrogen-bond donors (Lipinski definition) is 1. The van der Waals surface area contributed by atoms with Crippen molar-refractivity contribution in [2.24, 2.45) is 0 Å². The Hall–Kier alpha value is 1.79. The number of benzene rings is 1. The normalized spacial score (nSPS) is 8.70. The van der Waals surface area contributed by atoms with Gasteiger partial charge in [-0.15, -0.1) is 12.6 Å². The van der Waals surface area contributed by atoms with Crippen LogP contribution in [0.3, 0.4) is 0 Å². The maximum atomic E-state index is 5.67. The molecule has 0 bridgehead atoms. The van der Waals surface area contributed by atoms with Gasteiger partial charge in [-0.25, -0.2) is 0 Å². The van der Waals surface area contributed by atoms with Gasteiger partial charge in [-0.3, -0.25) is 0 Å². The van der Waals surface area contributed by atoms with Crippen LogP contribution >= 0.6 is 35.8 Å².